The van der Waals surface area contributed by atoms with Crippen LogP contribution in [0.25, 0.3) is 0 Å². The van der Waals surface area contributed by atoms with Gasteiger partial charge in [0.15, 0.2) is 0 Å². The molecule has 2 nitrogen and oxygen atoms in total. The molecule has 0 saturated carbocycles. The molecule has 0 aliphatic heterocycles. The van der Waals surface area contributed by atoms with Crippen LogP contribution in [0, 0.1) is 5.82 Å². The summed E-state index contributed by atoms with van der Waals surface area (Å²) >= 11 is 3.40. The fourth-order valence-electron chi connectivity index (χ4n) is 2.02. The Hall–Kier alpha value is -1.26. The van der Waals surface area contributed by atoms with E-state index in [2.05, 4.69) is 25.8 Å². The fourth-order valence-corrected chi connectivity index (χ4v) is 2.43. The highest BCUT2D eigenvalue weighted by atomic mass is 79.9. The maximum atomic E-state index is 13.8. The molecule has 2 aromatic rings. The number of hydrogen-bond donors (Lipinski definition) is 0. The smallest absolute Gasteiger partial charge is 0.127 e. The molecular formula is C15H16BrFN2. The summed E-state index contributed by atoms with van der Waals surface area (Å²) in [6.45, 7) is 2.73. The average molecular weight is 323 g/mol. The highest BCUT2D eigenvalue weighted by Gasteiger charge is 2.15. The molecule has 0 fully saturated rings. The van der Waals surface area contributed by atoms with E-state index in [0.717, 1.165) is 16.6 Å². The lowest BCUT2D eigenvalue weighted by Gasteiger charge is -2.25. The van der Waals surface area contributed by atoms with Crippen LogP contribution in [-0.4, -0.2) is 16.9 Å². The SMILES string of the molecule is CC(c1ccccc1F)N(C)Cc1cncc(Br)c1. The Morgan fingerprint density at radius 3 is 2.74 bits per heavy atom. The van der Waals surface area contributed by atoms with Gasteiger partial charge in [0.05, 0.1) is 0 Å². The maximum absolute atomic E-state index is 13.8. The second-order valence-corrected chi connectivity index (χ2v) is 5.54. The van der Waals surface area contributed by atoms with Crippen molar-refractivity contribution in [1.29, 1.82) is 0 Å². The molecule has 1 aromatic carbocycles. The molecule has 0 saturated heterocycles. The topological polar surface area (TPSA) is 16.1 Å². The number of hydrogen-bond acceptors (Lipinski definition) is 2. The van der Waals surface area contributed by atoms with Crippen molar-refractivity contribution < 1.29 is 4.39 Å². The van der Waals surface area contributed by atoms with Gasteiger partial charge in [-0.25, -0.2) is 4.39 Å². The Labute approximate surface area is 121 Å². The lowest BCUT2D eigenvalue weighted by Crippen LogP contribution is -2.22. The maximum Gasteiger partial charge on any atom is 0.127 e. The van der Waals surface area contributed by atoms with Gasteiger partial charge in [0.1, 0.15) is 5.82 Å². The van der Waals surface area contributed by atoms with Crippen molar-refractivity contribution in [2.24, 2.45) is 0 Å². The molecule has 0 aliphatic carbocycles. The molecule has 0 radical (unpaired) electrons. The van der Waals surface area contributed by atoms with Gasteiger partial charge in [0, 0.05) is 35.0 Å². The van der Waals surface area contributed by atoms with Crippen LogP contribution in [0.3, 0.4) is 0 Å². The Morgan fingerprint density at radius 1 is 1.32 bits per heavy atom. The van der Waals surface area contributed by atoms with Crippen LogP contribution in [-0.2, 0) is 6.54 Å². The quantitative estimate of drug-likeness (QED) is 0.839. The van der Waals surface area contributed by atoms with Crippen LogP contribution >= 0.6 is 15.9 Å². The number of halogens is 2. The van der Waals surface area contributed by atoms with Gasteiger partial charge in [-0.15, -0.1) is 0 Å². The molecule has 1 atom stereocenters. The van der Waals surface area contributed by atoms with Crippen LogP contribution in [0.4, 0.5) is 4.39 Å². The van der Waals surface area contributed by atoms with Crippen molar-refractivity contribution in [1.82, 2.24) is 9.88 Å². The molecule has 0 bridgehead atoms. The Balaban J connectivity index is 2.12. The van der Waals surface area contributed by atoms with Crippen molar-refractivity contribution in [2.45, 2.75) is 19.5 Å². The zero-order chi connectivity index (χ0) is 13.8. The van der Waals surface area contributed by atoms with Crippen LogP contribution in [0.2, 0.25) is 0 Å². The van der Waals surface area contributed by atoms with E-state index < -0.39 is 0 Å². The molecule has 0 spiro atoms. The third kappa shape index (κ3) is 3.61. The van der Waals surface area contributed by atoms with Gasteiger partial charge in [0.25, 0.3) is 0 Å². The molecule has 2 rings (SSSR count). The zero-order valence-corrected chi connectivity index (χ0v) is 12.6. The molecule has 1 unspecified atom stereocenters. The summed E-state index contributed by atoms with van der Waals surface area (Å²) in [7, 11) is 1.98. The first-order valence-corrected chi connectivity index (χ1v) is 6.91. The average Bonchev–Trinajstić information content (AvgIpc) is 2.38. The summed E-state index contributed by atoms with van der Waals surface area (Å²) in [5, 5.41) is 0. The number of pyridine rings is 1. The lowest BCUT2D eigenvalue weighted by atomic mass is 10.1. The van der Waals surface area contributed by atoms with Crippen LogP contribution in [0.1, 0.15) is 24.1 Å². The molecule has 4 heteroatoms. The van der Waals surface area contributed by atoms with Crippen molar-refractivity contribution in [3.63, 3.8) is 0 Å². The summed E-state index contributed by atoms with van der Waals surface area (Å²) in [5.74, 6) is -0.158. The minimum absolute atomic E-state index is 0.0141. The van der Waals surface area contributed by atoms with E-state index in [0.29, 0.717) is 5.56 Å². The molecule has 1 heterocycles. The molecule has 19 heavy (non-hydrogen) atoms. The van der Waals surface area contributed by atoms with Crippen LogP contribution in [0.5, 0.6) is 0 Å². The molecular weight excluding hydrogens is 307 g/mol. The Kier molecular flexibility index (Phi) is 4.66. The van der Waals surface area contributed by atoms with Crippen LogP contribution < -0.4 is 0 Å². The van der Waals surface area contributed by atoms with Gasteiger partial charge in [0.2, 0.25) is 0 Å². The first-order chi connectivity index (χ1) is 9.08. The fraction of sp³-hybridized carbons (Fsp3) is 0.267. The van der Waals surface area contributed by atoms with E-state index in [1.54, 1.807) is 12.3 Å². The van der Waals surface area contributed by atoms with E-state index in [4.69, 9.17) is 0 Å². The zero-order valence-electron chi connectivity index (χ0n) is 11.0. The highest BCUT2D eigenvalue weighted by Crippen LogP contribution is 2.23. The number of rotatable bonds is 4. The predicted molar refractivity (Wildman–Crippen MR) is 78.2 cm³/mol. The van der Waals surface area contributed by atoms with Crippen molar-refractivity contribution >= 4 is 15.9 Å². The second-order valence-electron chi connectivity index (χ2n) is 4.62. The summed E-state index contributed by atoms with van der Waals surface area (Å²) in [6.07, 6.45) is 3.58. The second kappa shape index (κ2) is 6.26. The Bertz CT molecular complexity index is 559. The van der Waals surface area contributed by atoms with Gasteiger partial charge >= 0.3 is 0 Å². The monoisotopic (exact) mass is 322 g/mol. The number of nitrogens with zero attached hydrogens (tertiary/aromatic N) is 2. The van der Waals surface area contributed by atoms with Crippen molar-refractivity contribution in [2.75, 3.05) is 7.05 Å². The van der Waals surface area contributed by atoms with Gasteiger partial charge in [-0.3, -0.25) is 9.88 Å². The molecule has 100 valence electrons. The van der Waals surface area contributed by atoms with E-state index in [-0.39, 0.29) is 11.9 Å². The first kappa shape index (κ1) is 14.2. The minimum atomic E-state index is -0.158. The standard InChI is InChI=1S/C15H16BrFN2/c1-11(14-5-3-4-6-15(14)17)19(2)10-12-7-13(16)9-18-8-12/h3-9,11H,10H2,1-2H3. The van der Waals surface area contributed by atoms with E-state index in [1.165, 1.54) is 6.07 Å². The predicted octanol–water partition coefficient (Wildman–Crippen LogP) is 4.18. The van der Waals surface area contributed by atoms with Crippen LogP contribution in [0.15, 0.2) is 47.2 Å². The summed E-state index contributed by atoms with van der Waals surface area (Å²) < 4.78 is 14.7. The Morgan fingerprint density at radius 2 is 2.05 bits per heavy atom. The molecule has 0 N–H and O–H groups in total. The number of benzene rings is 1. The third-order valence-electron chi connectivity index (χ3n) is 3.21. The van der Waals surface area contributed by atoms with E-state index in [9.17, 15) is 4.39 Å². The van der Waals surface area contributed by atoms with Crippen molar-refractivity contribution in [3.05, 3.63) is 64.1 Å². The molecule has 0 amide bonds. The highest BCUT2D eigenvalue weighted by molar-refractivity contribution is 9.10. The third-order valence-corrected chi connectivity index (χ3v) is 3.64. The molecule has 0 aliphatic rings. The largest absolute Gasteiger partial charge is 0.295 e. The van der Waals surface area contributed by atoms with Gasteiger partial charge in [-0.2, -0.15) is 0 Å². The van der Waals surface area contributed by atoms with Gasteiger partial charge in [-0.1, -0.05) is 18.2 Å². The van der Waals surface area contributed by atoms with Gasteiger partial charge in [-0.05, 0) is 47.6 Å². The summed E-state index contributed by atoms with van der Waals surface area (Å²) in [4.78, 5) is 6.24. The minimum Gasteiger partial charge on any atom is -0.295 e. The van der Waals surface area contributed by atoms with Crippen molar-refractivity contribution in [3.8, 4) is 0 Å². The van der Waals surface area contributed by atoms with E-state index >= 15 is 0 Å². The number of aromatic nitrogens is 1. The normalized spacial score (nSPS) is 12.7. The van der Waals surface area contributed by atoms with Gasteiger partial charge < -0.3 is 0 Å². The first-order valence-electron chi connectivity index (χ1n) is 6.12. The molecule has 1 aromatic heterocycles. The summed E-state index contributed by atoms with van der Waals surface area (Å²) in [5.41, 5.74) is 1.81. The lowest BCUT2D eigenvalue weighted by molar-refractivity contribution is 0.247. The summed E-state index contributed by atoms with van der Waals surface area (Å²) in [6, 6.07) is 8.95. The van der Waals surface area contributed by atoms with E-state index in [1.807, 2.05) is 38.4 Å².